The van der Waals surface area contributed by atoms with Crippen molar-refractivity contribution in [1.82, 2.24) is 0 Å². The first-order valence-corrected chi connectivity index (χ1v) is 10.5. The maximum Gasteiger partial charge on any atom is 0.344 e. The summed E-state index contributed by atoms with van der Waals surface area (Å²) in [5.41, 5.74) is 1.18. The van der Waals surface area contributed by atoms with Gasteiger partial charge >= 0.3 is 11.3 Å². The lowest BCUT2D eigenvalue weighted by atomic mass is 9.91. The molecular formula is C25H22O7. The van der Waals surface area contributed by atoms with E-state index < -0.39 is 23.5 Å². The summed E-state index contributed by atoms with van der Waals surface area (Å²) in [5.74, 6) is -0.965. The van der Waals surface area contributed by atoms with E-state index in [-0.39, 0.29) is 16.9 Å². The minimum Gasteiger partial charge on any atom is -0.507 e. The van der Waals surface area contributed by atoms with Crippen LogP contribution in [0.15, 0.2) is 54.8 Å². The second-order valence-electron chi connectivity index (χ2n) is 7.82. The number of aromatic hydroxyl groups is 1. The fourth-order valence-electron chi connectivity index (χ4n) is 4.47. The van der Waals surface area contributed by atoms with Gasteiger partial charge in [-0.3, -0.25) is 0 Å². The van der Waals surface area contributed by atoms with Crippen LogP contribution in [0.3, 0.4) is 0 Å². The minimum absolute atomic E-state index is 0.0883. The average Bonchev–Trinajstić information content (AvgIpc) is 3.19. The second kappa shape index (κ2) is 7.53. The molecular weight excluding hydrogens is 412 g/mol. The molecule has 5 rings (SSSR count). The fourth-order valence-corrected chi connectivity index (χ4v) is 4.47. The van der Waals surface area contributed by atoms with E-state index in [2.05, 4.69) is 0 Å². The number of hydrogen-bond donors (Lipinski definition) is 1. The average molecular weight is 434 g/mol. The zero-order chi connectivity index (χ0) is 22.6. The summed E-state index contributed by atoms with van der Waals surface area (Å²) in [6, 6.07) is 10.8. The molecule has 2 unspecified atom stereocenters. The molecule has 0 aliphatic carbocycles. The van der Waals surface area contributed by atoms with E-state index in [0.29, 0.717) is 34.1 Å². The van der Waals surface area contributed by atoms with E-state index in [1.807, 2.05) is 32.0 Å². The van der Waals surface area contributed by atoms with E-state index in [0.717, 1.165) is 17.5 Å². The zero-order valence-corrected chi connectivity index (χ0v) is 17.9. The summed E-state index contributed by atoms with van der Waals surface area (Å²) < 4.78 is 22.7. The summed E-state index contributed by atoms with van der Waals surface area (Å²) >= 11 is 0. The summed E-state index contributed by atoms with van der Waals surface area (Å²) in [5, 5.41) is 12.1. The van der Waals surface area contributed by atoms with Gasteiger partial charge in [0.05, 0.1) is 27.8 Å². The normalized spacial score (nSPS) is 17.6. The van der Waals surface area contributed by atoms with Crippen molar-refractivity contribution in [3.63, 3.8) is 0 Å². The van der Waals surface area contributed by atoms with Crippen LogP contribution < -0.4 is 16.0 Å². The third-order valence-corrected chi connectivity index (χ3v) is 6.13. The highest BCUT2D eigenvalue weighted by atomic mass is 16.7. The van der Waals surface area contributed by atoms with Crippen LogP contribution in [0.2, 0.25) is 0 Å². The molecule has 1 aliphatic heterocycles. The van der Waals surface area contributed by atoms with Gasteiger partial charge in [0.15, 0.2) is 0 Å². The summed E-state index contributed by atoms with van der Waals surface area (Å²) in [6.07, 6.45) is 0.407. The SMILES string of the molecule is CCc1ccc2oc(=O)c3c(c2c1)OC(OC)C3c1c(O)c2cccc(CC)c2oc1=O. The molecule has 0 bridgehead atoms. The highest BCUT2D eigenvalue weighted by molar-refractivity contribution is 5.89. The van der Waals surface area contributed by atoms with Gasteiger partial charge in [-0.1, -0.05) is 32.0 Å². The van der Waals surface area contributed by atoms with Gasteiger partial charge in [0.1, 0.15) is 22.7 Å². The van der Waals surface area contributed by atoms with Crippen LogP contribution in [0, 0.1) is 0 Å². The Labute approximate surface area is 182 Å². The van der Waals surface area contributed by atoms with Gasteiger partial charge < -0.3 is 23.4 Å². The maximum absolute atomic E-state index is 13.1. The van der Waals surface area contributed by atoms with Crippen molar-refractivity contribution in [3.05, 3.63) is 79.5 Å². The van der Waals surface area contributed by atoms with Crippen molar-refractivity contribution in [2.24, 2.45) is 0 Å². The Morgan fingerprint density at radius 1 is 0.969 bits per heavy atom. The Morgan fingerprint density at radius 2 is 1.75 bits per heavy atom. The predicted octanol–water partition coefficient (Wildman–Crippen LogP) is 4.23. The van der Waals surface area contributed by atoms with Crippen LogP contribution in [-0.2, 0) is 17.6 Å². The number of fused-ring (bicyclic) bond motifs is 4. The monoisotopic (exact) mass is 434 g/mol. The molecule has 164 valence electrons. The molecule has 0 radical (unpaired) electrons. The van der Waals surface area contributed by atoms with Crippen LogP contribution in [0.25, 0.3) is 21.9 Å². The first-order chi connectivity index (χ1) is 15.5. The smallest absolute Gasteiger partial charge is 0.344 e. The lowest BCUT2D eigenvalue weighted by Crippen LogP contribution is -2.28. The number of methoxy groups -OCH3 is 1. The van der Waals surface area contributed by atoms with Gasteiger partial charge in [-0.2, -0.15) is 0 Å². The molecule has 0 saturated carbocycles. The molecule has 7 nitrogen and oxygen atoms in total. The van der Waals surface area contributed by atoms with Crippen LogP contribution in [0.4, 0.5) is 0 Å². The summed E-state index contributed by atoms with van der Waals surface area (Å²) in [4.78, 5) is 26.1. The predicted molar refractivity (Wildman–Crippen MR) is 119 cm³/mol. The minimum atomic E-state index is -1.01. The van der Waals surface area contributed by atoms with Crippen molar-refractivity contribution >= 4 is 21.9 Å². The van der Waals surface area contributed by atoms with Gasteiger partial charge in [-0.05, 0) is 42.2 Å². The molecule has 2 aromatic carbocycles. The molecule has 7 heteroatoms. The van der Waals surface area contributed by atoms with Crippen LogP contribution >= 0.6 is 0 Å². The lowest BCUT2D eigenvalue weighted by Gasteiger charge is -2.18. The van der Waals surface area contributed by atoms with Crippen LogP contribution in [0.5, 0.6) is 11.5 Å². The number of rotatable bonds is 4. The first-order valence-electron chi connectivity index (χ1n) is 10.5. The molecule has 0 saturated heterocycles. The first kappa shape index (κ1) is 20.3. The number of benzene rings is 2. The lowest BCUT2D eigenvalue weighted by molar-refractivity contribution is -0.0472. The number of para-hydroxylation sites is 1. The van der Waals surface area contributed by atoms with Crippen molar-refractivity contribution in [3.8, 4) is 11.5 Å². The largest absolute Gasteiger partial charge is 0.507 e. The van der Waals surface area contributed by atoms with Crippen molar-refractivity contribution in [1.29, 1.82) is 0 Å². The molecule has 0 fully saturated rings. The Balaban J connectivity index is 1.82. The third kappa shape index (κ3) is 2.85. The number of hydrogen-bond acceptors (Lipinski definition) is 7. The summed E-state index contributed by atoms with van der Waals surface area (Å²) in [6.45, 7) is 3.95. The highest BCUT2D eigenvalue weighted by Gasteiger charge is 2.44. The standard InChI is InChI=1S/C25H22O7/c1-4-12-9-10-16-15(11-12)22-19(24(28)30-16)17(25(29-3)32-22)18-20(26)14-8-6-7-13(5-2)21(14)31-23(18)27/h6-11,17,25-26H,4-5H2,1-3H3. The Morgan fingerprint density at radius 3 is 2.47 bits per heavy atom. The molecule has 2 atom stereocenters. The van der Waals surface area contributed by atoms with Gasteiger partial charge in [0.25, 0.3) is 0 Å². The summed E-state index contributed by atoms with van der Waals surface area (Å²) in [7, 11) is 1.42. The fraction of sp³-hybridized carbons (Fsp3) is 0.280. The molecule has 1 aliphatic rings. The van der Waals surface area contributed by atoms with Gasteiger partial charge in [0.2, 0.25) is 6.29 Å². The molecule has 32 heavy (non-hydrogen) atoms. The van der Waals surface area contributed by atoms with Crippen molar-refractivity contribution < 1.29 is 23.4 Å². The molecule has 1 N–H and O–H groups in total. The Hall–Kier alpha value is -3.58. The molecule has 0 spiro atoms. The van der Waals surface area contributed by atoms with Gasteiger partial charge in [0, 0.05) is 7.11 Å². The van der Waals surface area contributed by atoms with E-state index in [4.69, 9.17) is 18.3 Å². The van der Waals surface area contributed by atoms with Gasteiger partial charge in [-0.15, -0.1) is 0 Å². The Bertz CT molecular complexity index is 1480. The zero-order valence-electron chi connectivity index (χ0n) is 17.9. The molecule has 4 aromatic rings. The topological polar surface area (TPSA) is 99.1 Å². The number of aryl methyl sites for hydroxylation is 2. The Kier molecular flexibility index (Phi) is 4.78. The molecule has 0 amide bonds. The van der Waals surface area contributed by atoms with Crippen LogP contribution in [-0.4, -0.2) is 18.5 Å². The quantitative estimate of drug-likeness (QED) is 0.480. The van der Waals surface area contributed by atoms with Gasteiger partial charge in [-0.25, -0.2) is 9.59 Å². The maximum atomic E-state index is 13.1. The third-order valence-electron chi connectivity index (χ3n) is 6.13. The van der Waals surface area contributed by atoms with E-state index in [1.165, 1.54) is 7.11 Å². The van der Waals surface area contributed by atoms with Crippen molar-refractivity contribution in [2.75, 3.05) is 7.11 Å². The molecule has 3 heterocycles. The number of ether oxygens (including phenoxy) is 2. The van der Waals surface area contributed by atoms with E-state index in [9.17, 15) is 14.7 Å². The second-order valence-corrected chi connectivity index (χ2v) is 7.82. The molecule has 2 aromatic heterocycles. The van der Waals surface area contributed by atoms with E-state index in [1.54, 1.807) is 18.2 Å². The highest BCUT2D eigenvalue weighted by Crippen LogP contribution is 2.47. The van der Waals surface area contributed by atoms with Crippen molar-refractivity contribution in [2.45, 2.75) is 38.9 Å². The van der Waals surface area contributed by atoms with Crippen LogP contribution in [0.1, 0.15) is 42.0 Å². The van der Waals surface area contributed by atoms with E-state index >= 15 is 0 Å².